The minimum atomic E-state index is -0.149. The summed E-state index contributed by atoms with van der Waals surface area (Å²) in [6, 6.07) is 12.7. The molecule has 98 valence electrons. The molecular formula is C15H15ClN2O. The summed E-state index contributed by atoms with van der Waals surface area (Å²) in [5, 5.41) is 3.43. The third-order valence-corrected chi connectivity index (χ3v) is 3.25. The number of benzene rings is 2. The molecule has 0 unspecified atom stereocenters. The molecule has 0 fully saturated rings. The van der Waals surface area contributed by atoms with Crippen molar-refractivity contribution in [1.29, 1.82) is 0 Å². The van der Waals surface area contributed by atoms with Crippen LogP contribution in [0.4, 0.5) is 5.69 Å². The summed E-state index contributed by atoms with van der Waals surface area (Å²) in [4.78, 5) is 12.0. The number of hydrogen-bond donors (Lipinski definition) is 2. The van der Waals surface area contributed by atoms with Crippen LogP contribution in [0.3, 0.4) is 0 Å². The number of carbonyl (C=O) groups excluding carboxylic acids is 1. The van der Waals surface area contributed by atoms with Gasteiger partial charge in [-0.05, 0) is 42.3 Å². The van der Waals surface area contributed by atoms with Gasteiger partial charge in [-0.15, -0.1) is 0 Å². The summed E-state index contributed by atoms with van der Waals surface area (Å²) in [5.74, 6) is -0.149. The van der Waals surface area contributed by atoms with Gasteiger partial charge in [0.25, 0.3) is 5.91 Å². The van der Waals surface area contributed by atoms with Gasteiger partial charge >= 0.3 is 0 Å². The predicted molar refractivity (Wildman–Crippen MR) is 78.2 cm³/mol. The number of nitrogens with two attached hydrogens (primary N) is 1. The number of rotatable bonds is 3. The van der Waals surface area contributed by atoms with Crippen LogP contribution in [-0.4, -0.2) is 5.91 Å². The van der Waals surface area contributed by atoms with Gasteiger partial charge < -0.3 is 11.1 Å². The third kappa shape index (κ3) is 3.48. The molecule has 0 aromatic heterocycles. The van der Waals surface area contributed by atoms with E-state index in [1.807, 2.05) is 37.3 Å². The van der Waals surface area contributed by atoms with Crippen molar-refractivity contribution in [3.63, 3.8) is 0 Å². The highest BCUT2D eigenvalue weighted by Crippen LogP contribution is 2.16. The van der Waals surface area contributed by atoms with Gasteiger partial charge in [0.15, 0.2) is 0 Å². The molecule has 4 heteroatoms. The van der Waals surface area contributed by atoms with E-state index >= 15 is 0 Å². The first-order chi connectivity index (χ1) is 9.06. The van der Waals surface area contributed by atoms with Crippen LogP contribution in [0.1, 0.15) is 21.5 Å². The molecule has 0 aliphatic heterocycles. The van der Waals surface area contributed by atoms with E-state index in [0.717, 1.165) is 11.1 Å². The Balaban J connectivity index is 2.03. The summed E-state index contributed by atoms with van der Waals surface area (Å²) in [7, 11) is 0. The van der Waals surface area contributed by atoms with Crippen molar-refractivity contribution in [2.75, 3.05) is 5.73 Å². The quantitative estimate of drug-likeness (QED) is 0.845. The molecule has 19 heavy (non-hydrogen) atoms. The van der Waals surface area contributed by atoms with Crippen molar-refractivity contribution < 1.29 is 4.79 Å². The Hall–Kier alpha value is -2.00. The van der Waals surface area contributed by atoms with E-state index in [0.29, 0.717) is 22.8 Å². The largest absolute Gasteiger partial charge is 0.399 e. The molecule has 0 saturated carbocycles. The Morgan fingerprint density at radius 1 is 1.26 bits per heavy atom. The highest BCUT2D eigenvalue weighted by atomic mass is 35.5. The summed E-state index contributed by atoms with van der Waals surface area (Å²) in [6.45, 7) is 2.34. The average molecular weight is 275 g/mol. The topological polar surface area (TPSA) is 55.1 Å². The second-order valence-corrected chi connectivity index (χ2v) is 4.80. The number of amides is 1. The van der Waals surface area contributed by atoms with Crippen molar-refractivity contribution in [3.05, 3.63) is 64.2 Å². The van der Waals surface area contributed by atoms with Gasteiger partial charge in [0.1, 0.15) is 0 Å². The highest BCUT2D eigenvalue weighted by Gasteiger charge is 2.07. The van der Waals surface area contributed by atoms with Crippen molar-refractivity contribution in [3.8, 4) is 0 Å². The maximum Gasteiger partial charge on any atom is 0.251 e. The Kier molecular flexibility index (Phi) is 4.07. The molecule has 0 atom stereocenters. The van der Waals surface area contributed by atoms with E-state index in [2.05, 4.69) is 5.32 Å². The van der Waals surface area contributed by atoms with Crippen LogP contribution in [0.15, 0.2) is 42.5 Å². The van der Waals surface area contributed by atoms with Gasteiger partial charge in [-0.1, -0.05) is 29.8 Å². The first kappa shape index (κ1) is 13.4. The lowest BCUT2D eigenvalue weighted by Crippen LogP contribution is -2.22. The lowest BCUT2D eigenvalue weighted by atomic mass is 10.1. The maximum atomic E-state index is 12.0. The lowest BCUT2D eigenvalue weighted by molar-refractivity contribution is 0.0951. The summed E-state index contributed by atoms with van der Waals surface area (Å²) in [6.07, 6.45) is 0. The first-order valence-electron chi connectivity index (χ1n) is 5.95. The molecule has 0 aliphatic rings. The zero-order valence-electron chi connectivity index (χ0n) is 10.6. The third-order valence-electron chi connectivity index (χ3n) is 2.84. The fourth-order valence-corrected chi connectivity index (χ4v) is 1.90. The second kappa shape index (κ2) is 5.76. The van der Waals surface area contributed by atoms with E-state index in [1.165, 1.54) is 0 Å². The Bertz CT molecular complexity index is 611. The monoisotopic (exact) mass is 274 g/mol. The fraction of sp³-hybridized carbons (Fsp3) is 0.133. The molecule has 2 aromatic rings. The van der Waals surface area contributed by atoms with Crippen molar-refractivity contribution >= 4 is 23.2 Å². The molecule has 0 aliphatic carbocycles. The Labute approximate surface area is 117 Å². The molecule has 0 bridgehead atoms. The zero-order valence-corrected chi connectivity index (χ0v) is 11.4. The summed E-state index contributed by atoms with van der Waals surface area (Å²) < 4.78 is 0. The van der Waals surface area contributed by atoms with Crippen LogP contribution in [0.25, 0.3) is 0 Å². The molecule has 0 spiro atoms. The lowest BCUT2D eigenvalue weighted by Gasteiger charge is -2.07. The molecule has 3 nitrogen and oxygen atoms in total. The average Bonchev–Trinajstić information content (AvgIpc) is 2.39. The second-order valence-electron chi connectivity index (χ2n) is 4.39. The number of anilines is 1. The summed E-state index contributed by atoms with van der Waals surface area (Å²) >= 11 is 6.00. The van der Waals surface area contributed by atoms with E-state index in [4.69, 9.17) is 17.3 Å². The van der Waals surface area contributed by atoms with Crippen molar-refractivity contribution in [1.82, 2.24) is 5.32 Å². The minimum absolute atomic E-state index is 0.149. The maximum absolute atomic E-state index is 12.0. The first-order valence-corrected chi connectivity index (χ1v) is 6.33. The van der Waals surface area contributed by atoms with Crippen LogP contribution in [0.2, 0.25) is 5.02 Å². The van der Waals surface area contributed by atoms with Crippen molar-refractivity contribution in [2.45, 2.75) is 13.5 Å². The molecular weight excluding hydrogens is 260 g/mol. The van der Waals surface area contributed by atoms with Crippen LogP contribution in [0.5, 0.6) is 0 Å². The molecule has 2 rings (SSSR count). The number of nitrogen functional groups attached to an aromatic ring is 1. The van der Waals surface area contributed by atoms with Gasteiger partial charge in [0.2, 0.25) is 0 Å². The minimum Gasteiger partial charge on any atom is -0.399 e. The van der Waals surface area contributed by atoms with E-state index in [-0.39, 0.29) is 5.91 Å². The van der Waals surface area contributed by atoms with E-state index < -0.39 is 0 Å². The standard InChI is InChI=1S/C15H15ClN2O/c1-10-5-6-12(8-14(10)16)15(19)18-9-11-3-2-4-13(17)7-11/h2-8H,9,17H2,1H3,(H,18,19). The molecule has 3 N–H and O–H groups in total. The van der Waals surface area contributed by atoms with E-state index in [1.54, 1.807) is 12.1 Å². The van der Waals surface area contributed by atoms with E-state index in [9.17, 15) is 4.79 Å². The normalized spacial score (nSPS) is 10.2. The number of carbonyl (C=O) groups is 1. The molecule has 2 aromatic carbocycles. The van der Waals surface area contributed by atoms with Crippen LogP contribution >= 0.6 is 11.6 Å². The number of hydrogen-bond acceptors (Lipinski definition) is 2. The van der Waals surface area contributed by atoms with Gasteiger partial charge in [0.05, 0.1) is 0 Å². The number of aryl methyl sites for hydroxylation is 1. The Morgan fingerprint density at radius 2 is 2.05 bits per heavy atom. The molecule has 0 saturated heterocycles. The van der Waals surface area contributed by atoms with Crippen LogP contribution in [0, 0.1) is 6.92 Å². The number of halogens is 1. The fourth-order valence-electron chi connectivity index (χ4n) is 1.72. The smallest absolute Gasteiger partial charge is 0.251 e. The highest BCUT2D eigenvalue weighted by molar-refractivity contribution is 6.31. The zero-order chi connectivity index (χ0) is 13.8. The molecule has 0 heterocycles. The van der Waals surface area contributed by atoms with Crippen LogP contribution in [-0.2, 0) is 6.54 Å². The Morgan fingerprint density at radius 3 is 2.74 bits per heavy atom. The predicted octanol–water partition coefficient (Wildman–Crippen LogP) is 3.16. The summed E-state index contributed by atoms with van der Waals surface area (Å²) in [5.41, 5.74) is 8.84. The van der Waals surface area contributed by atoms with Gasteiger partial charge in [-0.2, -0.15) is 0 Å². The van der Waals surface area contributed by atoms with Gasteiger partial charge in [-0.3, -0.25) is 4.79 Å². The molecule has 0 radical (unpaired) electrons. The SMILES string of the molecule is Cc1ccc(C(=O)NCc2cccc(N)c2)cc1Cl. The number of nitrogens with one attached hydrogen (secondary N) is 1. The van der Waals surface area contributed by atoms with Crippen molar-refractivity contribution in [2.24, 2.45) is 0 Å². The van der Waals surface area contributed by atoms with Gasteiger partial charge in [-0.25, -0.2) is 0 Å². The molecule has 1 amide bonds. The van der Waals surface area contributed by atoms with Crippen LogP contribution < -0.4 is 11.1 Å². The van der Waals surface area contributed by atoms with Gasteiger partial charge in [0, 0.05) is 22.8 Å².